The summed E-state index contributed by atoms with van der Waals surface area (Å²) in [4.78, 5) is 31.4. The molecule has 60 valence electrons. The Kier molecular flexibility index (Phi) is 1.75. The molecule has 3 amide bonds. The molecule has 0 saturated carbocycles. The predicted molar refractivity (Wildman–Crippen MR) is 32.7 cm³/mol. The zero-order valence-electron chi connectivity index (χ0n) is 5.46. The smallest absolute Gasteiger partial charge is 0.321 e. The van der Waals surface area contributed by atoms with Crippen molar-refractivity contribution in [3.8, 4) is 0 Å². The monoisotopic (exact) mass is 158 g/mol. The minimum atomic E-state index is -1.23. The molecule has 0 aromatic carbocycles. The first-order valence-corrected chi connectivity index (χ1v) is 2.93. The van der Waals surface area contributed by atoms with E-state index < -0.39 is 23.8 Å². The SMILES string of the molecule is O=C1NC[C@@H](C(=O)O)C(=O)N1. The Morgan fingerprint density at radius 2 is 2.18 bits per heavy atom. The lowest BCUT2D eigenvalue weighted by Crippen LogP contribution is -2.54. The minimum absolute atomic E-state index is 0.139. The van der Waals surface area contributed by atoms with Gasteiger partial charge in [-0.15, -0.1) is 0 Å². The van der Waals surface area contributed by atoms with Crippen molar-refractivity contribution in [3.05, 3.63) is 0 Å². The molecule has 0 aromatic heterocycles. The fourth-order valence-corrected chi connectivity index (χ4v) is 0.730. The van der Waals surface area contributed by atoms with Gasteiger partial charge in [0, 0.05) is 6.54 Å². The number of hydrogen-bond donors (Lipinski definition) is 3. The van der Waals surface area contributed by atoms with E-state index in [1.807, 2.05) is 5.32 Å². The van der Waals surface area contributed by atoms with Gasteiger partial charge in [0.25, 0.3) is 0 Å². The van der Waals surface area contributed by atoms with Crippen LogP contribution in [-0.2, 0) is 9.59 Å². The molecule has 6 heteroatoms. The van der Waals surface area contributed by atoms with Crippen LogP contribution in [0.4, 0.5) is 4.79 Å². The average Bonchev–Trinajstić information content (AvgIpc) is 1.85. The quantitative estimate of drug-likeness (QED) is 0.406. The lowest BCUT2D eigenvalue weighted by Gasteiger charge is -2.17. The van der Waals surface area contributed by atoms with E-state index in [1.165, 1.54) is 0 Å². The Bertz CT molecular complexity index is 225. The zero-order chi connectivity index (χ0) is 8.43. The molecular formula is C5H6N2O4. The number of carboxylic acid groups (broad SMARTS) is 1. The summed E-state index contributed by atoms with van der Waals surface area (Å²) in [5.41, 5.74) is 0. The van der Waals surface area contributed by atoms with Gasteiger partial charge in [0.15, 0.2) is 5.92 Å². The normalized spacial score (nSPS) is 23.8. The van der Waals surface area contributed by atoms with Gasteiger partial charge in [0.2, 0.25) is 5.91 Å². The number of nitrogens with one attached hydrogen (secondary N) is 2. The lowest BCUT2D eigenvalue weighted by molar-refractivity contribution is -0.146. The topological polar surface area (TPSA) is 95.5 Å². The van der Waals surface area contributed by atoms with E-state index in [0.29, 0.717) is 0 Å². The maximum absolute atomic E-state index is 10.7. The number of rotatable bonds is 1. The van der Waals surface area contributed by atoms with Crippen molar-refractivity contribution < 1.29 is 19.5 Å². The van der Waals surface area contributed by atoms with Crippen LogP contribution in [0.1, 0.15) is 0 Å². The highest BCUT2D eigenvalue weighted by Crippen LogP contribution is 1.98. The minimum Gasteiger partial charge on any atom is -0.481 e. The lowest BCUT2D eigenvalue weighted by atomic mass is 10.1. The van der Waals surface area contributed by atoms with Crippen molar-refractivity contribution in [2.24, 2.45) is 5.92 Å². The van der Waals surface area contributed by atoms with E-state index in [0.717, 1.165) is 0 Å². The van der Waals surface area contributed by atoms with Gasteiger partial charge >= 0.3 is 12.0 Å². The summed E-state index contributed by atoms with van der Waals surface area (Å²) in [6.07, 6.45) is 0. The number of aliphatic carboxylic acids is 1. The molecule has 6 nitrogen and oxygen atoms in total. The summed E-state index contributed by atoms with van der Waals surface area (Å²) >= 11 is 0. The van der Waals surface area contributed by atoms with Crippen molar-refractivity contribution in [2.45, 2.75) is 0 Å². The van der Waals surface area contributed by atoms with Crippen LogP contribution in [0.15, 0.2) is 0 Å². The van der Waals surface area contributed by atoms with Crippen molar-refractivity contribution in [1.82, 2.24) is 10.6 Å². The average molecular weight is 158 g/mol. The number of imide groups is 1. The molecule has 1 heterocycles. The summed E-state index contributed by atoms with van der Waals surface area (Å²) in [6.45, 7) is -0.139. The molecule has 0 bridgehead atoms. The van der Waals surface area contributed by atoms with Crippen molar-refractivity contribution in [1.29, 1.82) is 0 Å². The third kappa shape index (κ3) is 1.46. The molecule has 0 spiro atoms. The summed E-state index contributed by atoms with van der Waals surface area (Å²) < 4.78 is 0. The Morgan fingerprint density at radius 3 is 2.64 bits per heavy atom. The predicted octanol–water partition coefficient (Wildman–Crippen LogP) is -1.47. The molecule has 0 radical (unpaired) electrons. The molecule has 1 saturated heterocycles. The van der Waals surface area contributed by atoms with E-state index in [2.05, 4.69) is 5.32 Å². The summed E-state index contributed by atoms with van der Waals surface area (Å²) in [7, 11) is 0. The number of hydrogen-bond acceptors (Lipinski definition) is 3. The number of carboxylic acids is 1. The van der Waals surface area contributed by atoms with Crippen molar-refractivity contribution in [3.63, 3.8) is 0 Å². The van der Waals surface area contributed by atoms with Gasteiger partial charge < -0.3 is 10.4 Å². The van der Waals surface area contributed by atoms with E-state index in [4.69, 9.17) is 5.11 Å². The molecule has 0 aromatic rings. The van der Waals surface area contributed by atoms with E-state index in [1.54, 1.807) is 0 Å². The highest BCUT2D eigenvalue weighted by molar-refractivity contribution is 6.06. The fourth-order valence-electron chi connectivity index (χ4n) is 0.730. The Labute approximate surface area is 61.6 Å². The highest BCUT2D eigenvalue weighted by atomic mass is 16.4. The van der Waals surface area contributed by atoms with Gasteiger partial charge in [-0.25, -0.2) is 4.79 Å². The third-order valence-corrected chi connectivity index (χ3v) is 1.32. The number of urea groups is 1. The first kappa shape index (κ1) is 7.52. The Hall–Kier alpha value is -1.59. The van der Waals surface area contributed by atoms with Crippen LogP contribution < -0.4 is 10.6 Å². The van der Waals surface area contributed by atoms with Gasteiger partial charge in [0.05, 0.1) is 0 Å². The Balaban J connectivity index is 2.65. The summed E-state index contributed by atoms with van der Waals surface area (Å²) in [5, 5.41) is 12.4. The molecule has 11 heavy (non-hydrogen) atoms. The highest BCUT2D eigenvalue weighted by Gasteiger charge is 2.31. The number of amides is 3. The van der Waals surface area contributed by atoms with Crippen LogP contribution in [0, 0.1) is 5.92 Å². The van der Waals surface area contributed by atoms with Crippen LogP contribution in [-0.4, -0.2) is 29.6 Å². The van der Waals surface area contributed by atoms with Crippen LogP contribution in [0.25, 0.3) is 0 Å². The molecule has 1 rings (SSSR count). The van der Waals surface area contributed by atoms with Crippen LogP contribution in [0.3, 0.4) is 0 Å². The third-order valence-electron chi connectivity index (χ3n) is 1.32. The van der Waals surface area contributed by atoms with Crippen molar-refractivity contribution in [2.75, 3.05) is 6.54 Å². The largest absolute Gasteiger partial charge is 0.481 e. The maximum atomic E-state index is 10.7. The second-order valence-corrected chi connectivity index (χ2v) is 2.09. The van der Waals surface area contributed by atoms with E-state index in [-0.39, 0.29) is 6.54 Å². The first-order chi connectivity index (χ1) is 5.11. The van der Waals surface area contributed by atoms with Gasteiger partial charge in [-0.3, -0.25) is 14.9 Å². The molecule has 1 atom stereocenters. The number of carbonyl (C=O) groups is 3. The molecular weight excluding hydrogens is 152 g/mol. The molecule has 1 aliphatic rings. The van der Waals surface area contributed by atoms with E-state index >= 15 is 0 Å². The zero-order valence-corrected chi connectivity index (χ0v) is 5.46. The second kappa shape index (κ2) is 2.57. The molecule has 0 unspecified atom stereocenters. The van der Waals surface area contributed by atoms with Crippen molar-refractivity contribution >= 4 is 17.9 Å². The van der Waals surface area contributed by atoms with Crippen LogP contribution in [0.5, 0.6) is 0 Å². The van der Waals surface area contributed by atoms with Gasteiger partial charge in [-0.05, 0) is 0 Å². The molecule has 0 aliphatic carbocycles. The fraction of sp³-hybridized carbons (Fsp3) is 0.400. The number of carbonyl (C=O) groups excluding carboxylic acids is 2. The molecule has 1 fully saturated rings. The molecule has 1 aliphatic heterocycles. The second-order valence-electron chi connectivity index (χ2n) is 2.09. The standard InChI is InChI=1S/C5H6N2O4/c8-3-2(4(9)10)1-6-5(11)7-3/h2H,1H2,(H,9,10)(H2,6,7,8,11)/t2-/m1/s1. The first-order valence-electron chi connectivity index (χ1n) is 2.93. The van der Waals surface area contributed by atoms with Gasteiger partial charge in [-0.1, -0.05) is 0 Å². The molecule has 3 N–H and O–H groups in total. The van der Waals surface area contributed by atoms with Crippen LogP contribution in [0.2, 0.25) is 0 Å². The summed E-state index contributed by atoms with van der Waals surface area (Å²) in [5.74, 6) is -3.16. The Morgan fingerprint density at radius 1 is 1.55 bits per heavy atom. The summed E-state index contributed by atoms with van der Waals surface area (Å²) in [6, 6.07) is -0.646. The van der Waals surface area contributed by atoms with Gasteiger partial charge in [0.1, 0.15) is 0 Å². The van der Waals surface area contributed by atoms with Crippen LogP contribution >= 0.6 is 0 Å². The van der Waals surface area contributed by atoms with Gasteiger partial charge in [-0.2, -0.15) is 0 Å². The van der Waals surface area contributed by atoms with E-state index in [9.17, 15) is 14.4 Å². The maximum Gasteiger partial charge on any atom is 0.321 e.